The normalized spacial score (nSPS) is 12.6. The predicted octanol–water partition coefficient (Wildman–Crippen LogP) is 1.48. The lowest BCUT2D eigenvalue weighted by atomic mass is 10.3. The molecule has 1 aromatic carbocycles. The number of fused-ring (bicyclic) bond motifs is 1. The van der Waals surface area contributed by atoms with Crippen molar-refractivity contribution >= 4 is 11.0 Å². The van der Waals surface area contributed by atoms with Gasteiger partial charge in [-0.1, -0.05) is 12.1 Å². The van der Waals surface area contributed by atoms with Crippen LogP contribution in [-0.4, -0.2) is 20.8 Å². The van der Waals surface area contributed by atoms with Gasteiger partial charge in [0.05, 0.1) is 36.2 Å². The molecule has 2 rings (SSSR count). The van der Waals surface area contributed by atoms with E-state index in [1.54, 1.807) is 6.92 Å². The molecule has 0 unspecified atom stereocenters. The summed E-state index contributed by atoms with van der Waals surface area (Å²) < 4.78 is 1.91. The van der Waals surface area contributed by atoms with E-state index < -0.39 is 6.10 Å². The van der Waals surface area contributed by atoms with Crippen molar-refractivity contribution in [1.29, 1.82) is 5.26 Å². The van der Waals surface area contributed by atoms with Crippen molar-refractivity contribution in [3.63, 3.8) is 0 Å². The van der Waals surface area contributed by atoms with Crippen molar-refractivity contribution in [3.05, 3.63) is 30.1 Å². The van der Waals surface area contributed by atoms with E-state index in [0.29, 0.717) is 12.4 Å². The number of benzene rings is 1. The highest BCUT2D eigenvalue weighted by molar-refractivity contribution is 5.75. The number of hydrogen-bond acceptors (Lipinski definition) is 3. The lowest BCUT2D eigenvalue weighted by Gasteiger charge is -2.09. The maximum absolute atomic E-state index is 9.44. The van der Waals surface area contributed by atoms with Crippen LogP contribution < -0.4 is 0 Å². The summed E-state index contributed by atoms with van der Waals surface area (Å²) in [6.45, 7) is 2.20. The quantitative estimate of drug-likeness (QED) is 0.843. The summed E-state index contributed by atoms with van der Waals surface area (Å²) in [6, 6.07) is 9.80. The summed E-state index contributed by atoms with van der Waals surface area (Å²) in [5.41, 5.74) is 1.84. The van der Waals surface area contributed by atoms with Crippen LogP contribution in [0.15, 0.2) is 24.3 Å². The van der Waals surface area contributed by atoms with Crippen LogP contribution in [-0.2, 0) is 13.0 Å². The predicted molar refractivity (Wildman–Crippen MR) is 60.7 cm³/mol. The van der Waals surface area contributed by atoms with Gasteiger partial charge in [-0.2, -0.15) is 5.26 Å². The lowest BCUT2D eigenvalue weighted by Crippen LogP contribution is -2.14. The smallest absolute Gasteiger partial charge is 0.124 e. The van der Waals surface area contributed by atoms with E-state index in [0.717, 1.165) is 11.0 Å². The largest absolute Gasteiger partial charge is 0.392 e. The molecule has 0 spiro atoms. The second kappa shape index (κ2) is 4.33. The molecule has 0 radical (unpaired) electrons. The van der Waals surface area contributed by atoms with Crippen molar-refractivity contribution in [3.8, 4) is 6.07 Å². The Hall–Kier alpha value is -1.86. The number of nitriles is 1. The van der Waals surface area contributed by atoms with E-state index in [9.17, 15) is 5.11 Å². The fourth-order valence-electron chi connectivity index (χ4n) is 1.80. The van der Waals surface area contributed by atoms with Crippen LogP contribution in [0.3, 0.4) is 0 Å². The van der Waals surface area contributed by atoms with E-state index in [-0.39, 0.29) is 6.42 Å². The van der Waals surface area contributed by atoms with E-state index in [4.69, 9.17) is 5.26 Å². The van der Waals surface area contributed by atoms with Crippen LogP contribution >= 0.6 is 0 Å². The SMILES string of the molecule is C[C@H](O)Cn1c(CC#N)nc2ccccc21. The zero-order chi connectivity index (χ0) is 11.5. The molecule has 0 saturated heterocycles. The first-order valence-corrected chi connectivity index (χ1v) is 5.21. The van der Waals surface area contributed by atoms with E-state index in [1.807, 2.05) is 28.8 Å². The van der Waals surface area contributed by atoms with E-state index >= 15 is 0 Å². The maximum atomic E-state index is 9.44. The second-order valence-corrected chi connectivity index (χ2v) is 3.81. The van der Waals surface area contributed by atoms with Gasteiger partial charge in [0, 0.05) is 0 Å². The lowest BCUT2D eigenvalue weighted by molar-refractivity contribution is 0.174. The zero-order valence-electron chi connectivity index (χ0n) is 9.09. The summed E-state index contributed by atoms with van der Waals surface area (Å²) >= 11 is 0. The zero-order valence-corrected chi connectivity index (χ0v) is 9.09. The molecule has 16 heavy (non-hydrogen) atoms. The van der Waals surface area contributed by atoms with Crippen LogP contribution in [0.1, 0.15) is 12.7 Å². The van der Waals surface area contributed by atoms with Gasteiger partial charge in [-0.15, -0.1) is 0 Å². The van der Waals surface area contributed by atoms with E-state index in [1.165, 1.54) is 0 Å². The minimum Gasteiger partial charge on any atom is -0.392 e. The van der Waals surface area contributed by atoms with Gasteiger partial charge in [-0.3, -0.25) is 0 Å². The molecule has 0 bridgehead atoms. The number of nitrogens with zero attached hydrogens (tertiary/aromatic N) is 3. The highest BCUT2D eigenvalue weighted by Crippen LogP contribution is 2.16. The third kappa shape index (κ3) is 1.90. The van der Waals surface area contributed by atoms with Crippen LogP contribution in [0.4, 0.5) is 0 Å². The molecule has 0 saturated carbocycles. The Balaban J connectivity index is 2.56. The molecule has 1 N–H and O–H groups in total. The van der Waals surface area contributed by atoms with Gasteiger partial charge >= 0.3 is 0 Å². The van der Waals surface area contributed by atoms with Gasteiger partial charge < -0.3 is 9.67 Å². The Bertz CT molecular complexity index is 537. The molecule has 0 aliphatic carbocycles. The van der Waals surface area contributed by atoms with Crippen molar-refractivity contribution < 1.29 is 5.11 Å². The first kappa shape index (κ1) is 10.7. The van der Waals surface area contributed by atoms with Crippen LogP contribution in [0.2, 0.25) is 0 Å². The van der Waals surface area contributed by atoms with E-state index in [2.05, 4.69) is 11.1 Å². The Kier molecular flexibility index (Phi) is 2.88. The molecule has 0 amide bonds. The van der Waals surface area contributed by atoms with Crippen molar-refractivity contribution in [2.75, 3.05) is 0 Å². The first-order valence-electron chi connectivity index (χ1n) is 5.21. The molecule has 82 valence electrons. The summed E-state index contributed by atoms with van der Waals surface area (Å²) in [5.74, 6) is 0.713. The average Bonchev–Trinajstić information content (AvgIpc) is 2.57. The summed E-state index contributed by atoms with van der Waals surface area (Å²) in [7, 11) is 0. The summed E-state index contributed by atoms with van der Waals surface area (Å²) in [6.07, 6.45) is -0.184. The van der Waals surface area contributed by atoms with Crippen molar-refractivity contribution in [2.24, 2.45) is 0 Å². The van der Waals surface area contributed by atoms with Gasteiger partial charge in [0.25, 0.3) is 0 Å². The Morgan fingerprint density at radius 2 is 2.25 bits per heavy atom. The monoisotopic (exact) mass is 215 g/mol. The fraction of sp³-hybridized carbons (Fsp3) is 0.333. The van der Waals surface area contributed by atoms with Gasteiger partial charge in [0.2, 0.25) is 0 Å². The van der Waals surface area contributed by atoms with Crippen LogP contribution in [0.5, 0.6) is 0 Å². The molecular formula is C12H13N3O. The molecular weight excluding hydrogens is 202 g/mol. The molecule has 4 nitrogen and oxygen atoms in total. The molecule has 1 aromatic heterocycles. The minimum atomic E-state index is -0.449. The number of aliphatic hydroxyl groups excluding tert-OH is 1. The maximum Gasteiger partial charge on any atom is 0.124 e. The summed E-state index contributed by atoms with van der Waals surface area (Å²) in [4.78, 5) is 4.38. The molecule has 1 atom stereocenters. The van der Waals surface area contributed by atoms with Gasteiger partial charge in [-0.05, 0) is 19.1 Å². The number of para-hydroxylation sites is 2. The van der Waals surface area contributed by atoms with Gasteiger partial charge in [0.1, 0.15) is 5.82 Å². The average molecular weight is 215 g/mol. The standard InChI is InChI=1S/C12H13N3O/c1-9(16)8-15-11-5-3-2-4-10(11)14-12(15)6-7-13/h2-5,9,16H,6,8H2,1H3/t9-/m0/s1. The van der Waals surface area contributed by atoms with Crippen LogP contribution in [0, 0.1) is 11.3 Å². The molecule has 0 fully saturated rings. The fourth-order valence-corrected chi connectivity index (χ4v) is 1.80. The number of imidazole rings is 1. The van der Waals surface area contributed by atoms with Crippen molar-refractivity contribution in [1.82, 2.24) is 9.55 Å². The van der Waals surface area contributed by atoms with Crippen LogP contribution in [0.25, 0.3) is 11.0 Å². The van der Waals surface area contributed by atoms with Gasteiger partial charge in [0.15, 0.2) is 0 Å². The Morgan fingerprint density at radius 1 is 1.50 bits per heavy atom. The highest BCUT2D eigenvalue weighted by atomic mass is 16.3. The second-order valence-electron chi connectivity index (χ2n) is 3.81. The molecule has 0 aliphatic heterocycles. The van der Waals surface area contributed by atoms with Crippen molar-refractivity contribution in [2.45, 2.75) is 26.0 Å². The topological polar surface area (TPSA) is 61.8 Å². The number of hydrogen-bond donors (Lipinski definition) is 1. The molecule has 1 heterocycles. The number of aromatic nitrogens is 2. The summed E-state index contributed by atoms with van der Waals surface area (Å²) in [5, 5.41) is 18.2. The molecule has 2 aromatic rings. The first-order chi connectivity index (χ1) is 7.72. The highest BCUT2D eigenvalue weighted by Gasteiger charge is 2.11. The number of rotatable bonds is 3. The Morgan fingerprint density at radius 3 is 2.94 bits per heavy atom. The minimum absolute atomic E-state index is 0.265. The number of aliphatic hydroxyl groups is 1. The Labute approximate surface area is 93.8 Å². The third-order valence-electron chi connectivity index (χ3n) is 2.42. The van der Waals surface area contributed by atoms with Gasteiger partial charge in [-0.25, -0.2) is 4.98 Å². The molecule has 4 heteroatoms. The molecule has 0 aliphatic rings. The third-order valence-corrected chi connectivity index (χ3v) is 2.42.